The zero-order valence-corrected chi connectivity index (χ0v) is 13.8. The molecule has 1 N–H and O–H groups in total. The van der Waals surface area contributed by atoms with Crippen molar-refractivity contribution in [2.24, 2.45) is 5.92 Å². The van der Waals surface area contributed by atoms with Crippen molar-refractivity contribution < 1.29 is 14.3 Å². The molecule has 2 fully saturated rings. The zero-order valence-electron chi connectivity index (χ0n) is 13.8. The highest BCUT2D eigenvalue weighted by Crippen LogP contribution is 2.29. The minimum atomic E-state index is -0.274. The van der Waals surface area contributed by atoms with Gasteiger partial charge in [-0.15, -0.1) is 0 Å². The van der Waals surface area contributed by atoms with Gasteiger partial charge in [0.2, 0.25) is 11.8 Å². The molecule has 1 aromatic rings. The van der Waals surface area contributed by atoms with E-state index in [1.54, 1.807) is 4.90 Å². The molecule has 2 aliphatic rings. The van der Waals surface area contributed by atoms with E-state index in [4.69, 9.17) is 4.74 Å². The number of amides is 2. The molecule has 5 nitrogen and oxygen atoms in total. The van der Waals surface area contributed by atoms with Gasteiger partial charge in [0, 0.05) is 31.8 Å². The van der Waals surface area contributed by atoms with Crippen molar-refractivity contribution in [3.63, 3.8) is 0 Å². The summed E-state index contributed by atoms with van der Waals surface area (Å²) in [6, 6.07) is 5.94. The Balaban J connectivity index is 1.62. The minimum Gasteiger partial charge on any atom is -0.376 e. The molecule has 5 heteroatoms. The third-order valence-electron chi connectivity index (χ3n) is 4.89. The number of aryl methyl sites for hydroxylation is 1. The lowest BCUT2D eigenvalue weighted by molar-refractivity contribution is -0.126. The Morgan fingerprint density at radius 1 is 1.39 bits per heavy atom. The van der Waals surface area contributed by atoms with E-state index in [2.05, 4.69) is 5.32 Å². The molecule has 0 radical (unpaired) electrons. The van der Waals surface area contributed by atoms with Crippen LogP contribution in [0.1, 0.15) is 30.4 Å². The third-order valence-corrected chi connectivity index (χ3v) is 4.89. The second-order valence-corrected chi connectivity index (χ2v) is 6.50. The quantitative estimate of drug-likeness (QED) is 0.924. The number of carbonyl (C=O) groups excluding carboxylic acids is 2. The van der Waals surface area contributed by atoms with Crippen LogP contribution in [-0.2, 0) is 14.3 Å². The Morgan fingerprint density at radius 3 is 2.96 bits per heavy atom. The van der Waals surface area contributed by atoms with Crippen LogP contribution in [0.25, 0.3) is 0 Å². The van der Waals surface area contributed by atoms with E-state index in [0.29, 0.717) is 13.1 Å². The lowest BCUT2D eigenvalue weighted by Gasteiger charge is -2.20. The average Bonchev–Trinajstić information content (AvgIpc) is 3.17. The SMILES string of the molecule is Cc1cccc(N2CC(C(=O)NCC3CCCO3)CC2=O)c1C. The van der Waals surface area contributed by atoms with Gasteiger partial charge in [-0.25, -0.2) is 0 Å². The smallest absolute Gasteiger partial charge is 0.227 e. The maximum absolute atomic E-state index is 12.3. The van der Waals surface area contributed by atoms with Crippen LogP contribution in [0, 0.1) is 19.8 Å². The van der Waals surface area contributed by atoms with Crippen LogP contribution in [0.15, 0.2) is 18.2 Å². The molecule has 2 atom stereocenters. The van der Waals surface area contributed by atoms with E-state index in [9.17, 15) is 9.59 Å². The van der Waals surface area contributed by atoms with Crippen LogP contribution in [0.4, 0.5) is 5.69 Å². The summed E-state index contributed by atoms with van der Waals surface area (Å²) in [5.74, 6) is -0.290. The molecule has 0 aliphatic carbocycles. The Bertz CT molecular complexity index is 608. The van der Waals surface area contributed by atoms with E-state index in [-0.39, 0.29) is 30.3 Å². The molecule has 2 aliphatic heterocycles. The van der Waals surface area contributed by atoms with Crippen molar-refractivity contribution in [1.29, 1.82) is 0 Å². The number of benzene rings is 1. The normalized spacial score (nSPS) is 24.3. The fourth-order valence-electron chi connectivity index (χ4n) is 3.31. The van der Waals surface area contributed by atoms with Gasteiger partial charge in [0.25, 0.3) is 0 Å². The standard InChI is InChI=1S/C18H24N2O3/c1-12-5-3-7-16(13(12)2)20-11-14(9-17(20)21)18(22)19-10-15-6-4-8-23-15/h3,5,7,14-15H,4,6,8-11H2,1-2H3,(H,19,22). The summed E-state index contributed by atoms with van der Waals surface area (Å²) in [5.41, 5.74) is 3.17. The van der Waals surface area contributed by atoms with Crippen LogP contribution < -0.4 is 10.2 Å². The van der Waals surface area contributed by atoms with E-state index < -0.39 is 0 Å². The van der Waals surface area contributed by atoms with E-state index in [1.807, 2.05) is 32.0 Å². The molecule has 0 aromatic heterocycles. The number of nitrogens with zero attached hydrogens (tertiary/aromatic N) is 1. The lowest BCUT2D eigenvalue weighted by Crippen LogP contribution is -2.37. The van der Waals surface area contributed by atoms with Crippen LogP contribution in [0.2, 0.25) is 0 Å². The van der Waals surface area contributed by atoms with Crippen LogP contribution in [0.5, 0.6) is 0 Å². The number of carbonyl (C=O) groups is 2. The van der Waals surface area contributed by atoms with Gasteiger partial charge in [0.1, 0.15) is 0 Å². The number of rotatable bonds is 4. The van der Waals surface area contributed by atoms with Crippen molar-refractivity contribution in [2.45, 2.75) is 39.2 Å². The Morgan fingerprint density at radius 2 is 2.22 bits per heavy atom. The number of ether oxygens (including phenoxy) is 1. The first-order valence-electron chi connectivity index (χ1n) is 8.32. The third kappa shape index (κ3) is 3.39. The van der Waals surface area contributed by atoms with Crippen LogP contribution in [0.3, 0.4) is 0 Å². The van der Waals surface area contributed by atoms with E-state index >= 15 is 0 Å². The first-order valence-corrected chi connectivity index (χ1v) is 8.32. The molecule has 1 aromatic carbocycles. The fraction of sp³-hybridized carbons (Fsp3) is 0.556. The molecular weight excluding hydrogens is 292 g/mol. The number of hydrogen-bond acceptors (Lipinski definition) is 3. The second kappa shape index (κ2) is 6.71. The second-order valence-electron chi connectivity index (χ2n) is 6.50. The van der Waals surface area contributed by atoms with Gasteiger partial charge >= 0.3 is 0 Å². The number of anilines is 1. The highest BCUT2D eigenvalue weighted by atomic mass is 16.5. The summed E-state index contributed by atoms with van der Waals surface area (Å²) >= 11 is 0. The molecule has 2 saturated heterocycles. The molecule has 2 heterocycles. The Kier molecular flexibility index (Phi) is 4.66. The predicted molar refractivity (Wildman–Crippen MR) is 88.4 cm³/mol. The monoisotopic (exact) mass is 316 g/mol. The van der Waals surface area contributed by atoms with Crippen molar-refractivity contribution >= 4 is 17.5 Å². The van der Waals surface area contributed by atoms with Gasteiger partial charge in [-0.2, -0.15) is 0 Å². The molecule has 0 bridgehead atoms. The molecule has 0 spiro atoms. The summed E-state index contributed by atoms with van der Waals surface area (Å²) in [5, 5.41) is 2.94. The van der Waals surface area contributed by atoms with Crippen molar-refractivity contribution in [1.82, 2.24) is 5.32 Å². The van der Waals surface area contributed by atoms with Gasteiger partial charge in [-0.3, -0.25) is 9.59 Å². The number of hydrogen-bond donors (Lipinski definition) is 1. The van der Waals surface area contributed by atoms with Crippen LogP contribution in [-0.4, -0.2) is 37.6 Å². The fourth-order valence-corrected chi connectivity index (χ4v) is 3.31. The molecule has 0 saturated carbocycles. The van der Waals surface area contributed by atoms with Gasteiger partial charge in [0.15, 0.2) is 0 Å². The highest BCUT2D eigenvalue weighted by Gasteiger charge is 2.36. The predicted octanol–water partition coefficient (Wildman–Crippen LogP) is 1.95. The maximum Gasteiger partial charge on any atom is 0.227 e. The van der Waals surface area contributed by atoms with Crippen molar-refractivity contribution in [3.8, 4) is 0 Å². The van der Waals surface area contributed by atoms with Crippen LogP contribution >= 0.6 is 0 Å². The summed E-state index contributed by atoms with van der Waals surface area (Å²) in [6.45, 7) is 5.84. The summed E-state index contributed by atoms with van der Waals surface area (Å²) < 4.78 is 5.51. The molecular formula is C18H24N2O3. The molecule has 2 unspecified atom stereocenters. The summed E-state index contributed by atoms with van der Waals surface area (Å²) in [7, 11) is 0. The summed E-state index contributed by atoms with van der Waals surface area (Å²) in [4.78, 5) is 26.4. The minimum absolute atomic E-state index is 0.0240. The number of nitrogens with one attached hydrogen (secondary N) is 1. The van der Waals surface area contributed by atoms with Gasteiger partial charge in [-0.05, 0) is 43.9 Å². The van der Waals surface area contributed by atoms with Gasteiger partial charge in [-0.1, -0.05) is 12.1 Å². The zero-order chi connectivity index (χ0) is 16.4. The first kappa shape index (κ1) is 16.0. The largest absolute Gasteiger partial charge is 0.376 e. The van der Waals surface area contributed by atoms with E-state index in [1.165, 1.54) is 0 Å². The van der Waals surface area contributed by atoms with Crippen molar-refractivity contribution in [3.05, 3.63) is 29.3 Å². The first-order chi connectivity index (χ1) is 11.1. The average molecular weight is 316 g/mol. The van der Waals surface area contributed by atoms with Gasteiger partial charge < -0.3 is 15.0 Å². The molecule has 124 valence electrons. The Labute approximate surface area is 137 Å². The summed E-state index contributed by atoms with van der Waals surface area (Å²) in [6.07, 6.45) is 2.47. The topological polar surface area (TPSA) is 58.6 Å². The molecule has 23 heavy (non-hydrogen) atoms. The van der Waals surface area contributed by atoms with Crippen molar-refractivity contribution in [2.75, 3.05) is 24.6 Å². The van der Waals surface area contributed by atoms with E-state index in [0.717, 1.165) is 36.3 Å². The maximum atomic E-state index is 12.3. The lowest BCUT2D eigenvalue weighted by atomic mass is 10.1. The highest BCUT2D eigenvalue weighted by molar-refractivity contribution is 6.00. The van der Waals surface area contributed by atoms with Gasteiger partial charge in [0.05, 0.1) is 12.0 Å². The molecule has 2 amide bonds. The molecule has 3 rings (SSSR count). The Hall–Kier alpha value is -1.88.